The molecule has 0 amide bonds. The Labute approximate surface area is 173 Å². The molecule has 0 radical (unpaired) electrons. The molecule has 9 heteroatoms. The Kier molecular flexibility index (Phi) is 8.82. The van der Waals surface area contributed by atoms with Gasteiger partial charge in [-0.05, 0) is 56.7 Å². The maximum absolute atomic E-state index is 10.6. The predicted molar refractivity (Wildman–Crippen MR) is 106 cm³/mol. The van der Waals surface area contributed by atoms with Crippen LogP contribution in [0, 0.1) is 0 Å². The van der Waals surface area contributed by atoms with Gasteiger partial charge in [0.2, 0.25) is 5.88 Å². The van der Waals surface area contributed by atoms with Crippen LogP contribution in [0.1, 0.15) is 59.5 Å². The zero-order valence-corrected chi connectivity index (χ0v) is 16.5. The molecular formula is C20H23ClN2O6. The lowest BCUT2D eigenvalue weighted by molar-refractivity contribution is 0.0677. The zero-order chi connectivity index (χ0) is 21.2. The lowest BCUT2D eigenvalue weighted by Gasteiger charge is -2.25. The number of aromatic carboxylic acids is 2. The van der Waals surface area contributed by atoms with Gasteiger partial charge in [0.05, 0.1) is 6.10 Å². The maximum atomic E-state index is 10.6. The summed E-state index contributed by atoms with van der Waals surface area (Å²) < 4.78 is 5.47. The van der Waals surface area contributed by atoms with Gasteiger partial charge in [0, 0.05) is 6.07 Å². The molecule has 2 aliphatic rings. The van der Waals surface area contributed by atoms with Crippen molar-refractivity contribution >= 4 is 23.5 Å². The molecule has 2 aromatic rings. The summed E-state index contributed by atoms with van der Waals surface area (Å²) in [6.45, 7) is 0. The Bertz CT molecular complexity index is 824. The third-order valence-electron chi connectivity index (χ3n) is 4.29. The van der Waals surface area contributed by atoms with E-state index in [9.17, 15) is 9.59 Å². The van der Waals surface area contributed by atoms with Crippen LogP contribution in [0.3, 0.4) is 0 Å². The molecule has 0 unspecified atom stereocenters. The number of hydrogen-bond acceptors (Lipinski definition) is 6. The van der Waals surface area contributed by atoms with Crippen LogP contribution in [-0.4, -0.2) is 49.4 Å². The molecule has 0 aromatic carbocycles. The smallest absolute Gasteiger partial charge is 0.354 e. The second-order valence-electron chi connectivity index (χ2n) is 6.57. The van der Waals surface area contributed by atoms with Crippen LogP contribution >= 0.6 is 11.6 Å². The third-order valence-corrected chi connectivity index (χ3v) is 4.50. The van der Waals surface area contributed by atoms with E-state index in [2.05, 4.69) is 9.97 Å². The average molecular weight is 423 g/mol. The lowest BCUT2D eigenvalue weighted by atomic mass is 9.96. The minimum absolute atomic E-state index is 0.0295. The summed E-state index contributed by atoms with van der Waals surface area (Å²) in [5.41, 5.74) is -0.00526. The molecule has 29 heavy (non-hydrogen) atoms. The molecule has 4 rings (SSSR count). The summed E-state index contributed by atoms with van der Waals surface area (Å²) in [5.74, 6) is -1.68. The zero-order valence-electron chi connectivity index (χ0n) is 15.7. The van der Waals surface area contributed by atoms with Gasteiger partial charge >= 0.3 is 11.9 Å². The van der Waals surface area contributed by atoms with Crippen molar-refractivity contribution in [3.8, 4) is 5.88 Å². The lowest BCUT2D eigenvalue weighted by Crippen LogP contribution is -2.25. The van der Waals surface area contributed by atoms with Crippen molar-refractivity contribution in [1.82, 2.24) is 9.97 Å². The molecule has 0 saturated heterocycles. The van der Waals surface area contributed by atoms with E-state index in [0.29, 0.717) is 5.88 Å². The van der Waals surface area contributed by atoms with E-state index in [1.807, 2.05) is 0 Å². The molecule has 0 spiro atoms. The normalized spacial score (nSPS) is 15.4. The number of carboxylic acids is 2. The van der Waals surface area contributed by atoms with Crippen LogP contribution in [0.2, 0.25) is 5.15 Å². The summed E-state index contributed by atoms with van der Waals surface area (Å²) >= 11 is 5.41. The van der Waals surface area contributed by atoms with Crippen molar-refractivity contribution < 1.29 is 29.6 Å². The standard InChI is InChI=1S/C10H11NO3.C6H4ClNO2.C4H8O/c12-10(13)8-5-2-6-9(11-8)14-7-3-1-4-7;7-5-3-1-2-4(8-5)6(9)10;5-4-2-1-3-4/h2,5-7H,1,3-4H2,(H,12,13);1-3H,(H,9,10);4-5H,1-3H2. The first kappa shape index (κ1) is 22.6. The van der Waals surface area contributed by atoms with E-state index < -0.39 is 11.9 Å². The molecule has 156 valence electrons. The average Bonchev–Trinajstić information content (AvgIpc) is 2.64. The van der Waals surface area contributed by atoms with Gasteiger partial charge in [0.25, 0.3) is 0 Å². The monoisotopic (exact) mass is 422 g/mol. The highest BCUT2D eigenvalue weighted by Gasteiger charge is 2.19. The number of nitrogens with zero attached hydrogens (tertiary/aromatic N) is 2. The third kappa shape index (κ3) is 8.05. The van der Waals surface area contributed by atoms with E-state index in [4.69, 9.17) is 31.7 Å². The topological polar surface area (TPSA) is 130 Å². The number of aliphatic hydroxyl groups is 1. The first-order valence-electron chi connectivity index (χ1n) is 9.26. The second kappa shape index (κ2) is 11.3. The minimum atomic E-state index is -1.07. The van der Waals surface area contributed by atoms with E-state index in [1.54, 1.807) is 18.2 Å². The maximum Gasteiger partial charge on any atom is 0.354 e. The number of rotatable bonds is 4. The highest BCUT2D eigenvalue weighted by Crippen LogP contribution is 2.23. The first-order chi connectivity index (χ1) is 13.8. The number of aliphatic hydroxyl groups excluding tert-OH is 1. The number of halogens is 1. The molecule has 2 saturated carbocycles. The predicted octanol–water partition coefficient (Wildman–Crippen LogP) is 3.68. The molecule has 8 nitrogen and oxygen atoms in total. The SMILES string of the molecule is O=C(O)c1cccc(Cl)n1.O=C(O)c1cccc(OC2CCC2)n1.OC1CCC1. The second-order valence-corrected chi connectivity index (χ2v) is 6.96. The largest absolute Gasteiger partial charge is 0.477 e. The molecule has 2 aliphatic carbocycles. The van der Waals surface area contributed by atoms with Gasteiger partial charge in [-0.1, -0.05) is 23.7 Å². The van der Waals surface area contributed by atoms with Gasteiger partial charge in [-0.15, -0.1) is 0 Å². The summed E-state index contributed by atoms with van der Waals surface area (Å²) in [4.78, 5) is 28.2. The first-order valence-corrected chi connectivity index (χ1v) is 9.64. The molecule has 0 bridgehead atoms. The Morgan fingerprint density at radius 2 is 1.41 bits per heavy atom. The summed E-state index contributed by atoms with van der Waals surface area (Å²) in [6.07, 6.45) is 6.88. The van der Waals surface area contributed by atoms with E-state index >= 15 is 0 Å². The number of carbonyl (C=O) groups is 2. The fourth-order valence-electron chi connectivity index (χ4n) is 2.17. The van der Waals surface area contributed by atoms with Crippen molar-refractivity contribution in [2.45, 2.75) is 50.7 Å². The van der Waals surface area contributed by atoms with Gasteiger partial charge in [-0.3, -0.25) is 0 Å². The summed E-state index contributed by atoms with van der Waals surface area (Å²) in [6, 6.07) is 9.23. The number of ether oxygens (including phenoxy) is 1. The quantitative estimate of drug-likeness (QED) is 0.636. The van der Waals surface area contributed by atoms with Crippen molar-refractivity contribution in [3.63, 3.8) is 0 Å². The molecule has 2 aromatic heterocycles. The van der Waals surface area contributed by atoms with Gasteiger partial charge in [0.1, 0.15) is 17.0 Å². The Morgan fingerprint density at radius 1 is 0.897 bits per heavy atom. The fourth-order valence-corrected chi connectivity index (χ4v) is 2.34. The summed E-state index contributed by atoms with van der Waals surface area (Å²) in [5, 5.41) is 25.7. The highest BCUT2D eigenvalue weighted by atomic mass is 35.5. The molecule has 0 aliphatic heterocycles. The number of hydrogen-bond donors (Lipinski definition) is 3. The van der Waals surface area contributed by atoms with Gasteiger partial charge < -0.3 is 20.1 Å². The van der Waals surface area contributed by atoms with Crippen molar-refractivity contribution in [2.24, 2.45) is 0 Å². The molecule has 2 heterocycles. The van der Waals surface area contributed by atoms with Gasteiger partial charge in [-0.25, -0.2) is 19.6 Å². The number of pyridine rings is 2. The molecule has 0 atom stereocenters. The van der Waals surface area contributed by atoms with Crippen LogP contribution in [0.15, 0.2) is 36.4 Å². The highest BCUT2D eigenvalue weighted by molar-refractivity contribution is 6.29. The van der Waals surface area contributed by atoms with E-state index in [1.165, 1.54) is 31.0 Å². The molecule has 2 fully saturated rings. The van der Waals surface area contributed by atoms with Crippen molar-refractivity contribution in [2.75, 3.05) is 0 Å². The number of aromatic nitrogens is 2. The van der Waals surface area contributed by atoms with E-state index in [-0.39, 0.29) is 28.7 Å². The Hall–Kier alpha value is -2.71. The van der Waals surface area contributed by atoms with Crippen LogP contribution in [0.25, 0.3) is 0 Å². The molecule has 3 N–H and O–H groups in total. The molecular weight excluding hydrogens is 400 g/mol. The van der Waals surface area contributed by atoms with Crippen LogP contribution < -0.4 is 4.74 Å². The van der Waals surface area contributed by atoms with Gasteiger partial charge in [0.15, 0.2) is 5.69 Å². The van der Waals surface area contributed by atoms with Crippen molar-refractivity contribution in [3.05, 3.63) is 52.9 Å². The van der Waals surface area contributed by atoms with Gasteiger partial charge in [-0.2, -0.15) is 0 Å². The minimum Gasteiger partial charge on any atom is -0.477 e. The van der Waals surface area contributed by atoms with Crippen LogP contribution in [-0.2, 0) is 0 Å². The van der Waals surface area contributed by atoms with Crippen LogP contribution in [0.5, 0.6) is 5.88 Å². The fraction of sp³-hybridized carbons (Fsp3) is 0.400. The number of carboxylic acid groups (broad SMARTS) is 2. The summed E-state index contributed by atoms with van der Waals surface area (Å²) in [7, 11) is 0. The Morgan fingerprint density at radius 3 is 1.79 bits per heavy atom. The van der Waals surface area contributed by atoms with E-state index in [0.717, 1.165) is 25.7 Å². The Balaban J connectivity index is 0.000000173. The van der Waals surface area contributed by atoms with Crippen LogP contribution in [0.4, 0.5) is 0 Å². The van der Waals surface area contributed by atoms with Crippen molar-refractivity contribution in [1.29, 1.82) is 0 Å².